The van der Waals surface area contributed by atoms with Crippen LogP contribution >= 0.6 is 22.6 Å². The Kier molecular flexibility index (Phi) is 5.16. The number of esters is 1. The van der Waals surface area contributed by atoms with Gasteiger partial charge in [0.05, 0.1) is 13.5 Å². The van der Waals surface area contributed by atoms with Crippen molar-refractivity contribution in [3.8, 4) is 0 Å². The van der Waals surface area contributed by atoms with Crippen LogP contribution in [0.3, 0.4) is 0 Å². The number of hydrogen-bond acceptors (Lipinski definition) is 4. The topological polar surface area (TPSA) is 75.7 Å². The minimum atomic E-state index is -0.821. The van der Waals surface area contributed by atoms with Crippen molar-refractivity contribution in [3.63, 3.8) is 0 Å². The average molecular weight is 402 g/mol. The number of benzene rings is 1. The summed E-state index contributed by atoms with van der Waals surface area (Å²) in [6.07, 6.45) is -0.140. The van der Waals surface area contributed by atoms with E-state index in [1.807, 2.05) is 12.1 Å². The van der Waals surface area contributed by atoms with Gasteiger partial charge in [0.1, 0.15) is 6.04 Å². The lowest BCUT2D eigenvalue weighted by atomic mass is 10.1. The van der Waals surface area contributed by atoms with Crippen LogP contribution in [-0.4, -0.2) is 48.9 Å². The Morgan fingerprint density at radius 3 is 2.67 bits per heavy atom. The molecule has 7 heteroatoms. The maximum absolute atomic E-state index is 12.5. The summed E-state index contributed by atoms with van der Waals surface area (Å²) in [6, 6.07) is 6.26. The number of nitrogens with one attached hydrogen (secondary N) is 1. The number of methoxy groups -OCH3 is 1. The number of carbonyl (C=O) groups is 3. The number of piperazine rings is 1. The van der Waals surface area contributed by atoms with Gasteiger partial charge in [-0.1, -0.05) is 0 Å². The van der Waals surface area contributed by atoms with Gasteiger partial charge in [-0.15, -0.1) is 0 Å². The summed E-state index contributed by atoms with van der Waals surface area (Å²) in [6.45, 7) is 0.755. The maximum Gasteiger partial charge on any atom is 0.308 e. The molecule has 1 aliphatic heterocycles. The average Bonchev–Trinajstić information content (AvgIpc) is 2.49. The highest BCUT2D eigenvalue weighted by atomic mass is 127. The minimum Gasteiger partial charge on any atom is -0.469 e. The highest BCUT2D eigenvalue weighted by Crippen LogP contribution is 2.15. The van der Waals surface area contributed by atoms with Crippen molar-refractivity contribution in [2.24, 2.45) is 0 Å². The van der Waals surface area contributed by atoms with E-state index >= 15 is 0 Å². The molecule has 1 aromatic rings. The van der Waals surface area contributed by atoms with Crippen molar-refractivity contribution in [2.75, 3.05) is 20.2 Å². The van der Waals surface area contributed by atoms with Gasteiger partial charge in [0.2, 0.25) is 5.91 Å². The fourth-order valence-electron chi connectivity index (χ4n) is 2.16. The second kappa shape index (κ2) is 6.88. The zero-order valence-corrected chi connectivity index (χ0v) is 13.6. The van der Waals surface area contributed by atoms with Crippen molar-refractivity contribution in [2.45, 2.75) is 12.5 Å². The molecule has 6 nitrogen and oxygen atoms in total. The van der Waals surface area contributed by atoms with Crippen LogP contribution in [-0.2, 0) is 14.3 Å². The van der Waals surface area contributed by atoms with Gasteiger partial charge in [-0.3, -0.25) is 14.4 Å². The second-order valence-corrected chi connectivity index (χ2v) is 5.84. The molecular formula is C14H15IN2O4. The monoisotopic (exact) mass is 402 g/mol. The van der Waals surface area contributed by atoms with Crippen molar-refractivity contribution in [1.29, 1.82) is 0 Å². The predicted octanol–water partition coefficient (Wildman–Crippen LogP) is 0.795. The molecule has 1 saturated heterocycles. The summed E-state index contributed by atoms with van der Waals surface area (Å²) in [4.78, 5) is 37.3. The molecule has 0 saturated carbocycles. The first kappa shape index (κ1) is 15.7. The molecule has 2 rings (SSSR count). The van der Waals surface area contributed by atoms with Crippen LogP contribution in [0, 0.1) is 3.57 Å². The van der Waals surface area contributed by atoms with E-state index in [-0.39, 0.29) is 18.2 Å². The van der Waals surface area contributed by atoms with Gasteiger partial charge in [0.15, 0.2) is 0 Å². The van der Waals surface area contributed by atoms with E-state index in [2.05, 4.69) is 32.6 Å². The van der Waals surface area contributed by atoms with E-state index in [1.165, 1.54) is 12.0 Å². The van der Waals surface area contributed by atoms with Crippen molar-refractivity contribution in [1.82, 2.24) is 10.2 Å². The highest BCUT2D eigenvalue weighted by Gasteiger charge is 2.35. The Bertz CT molecular complexity index is 559. The summed E-state index contributed by atoms with van der Waals surface area (Å²) in [7, 11) is 1.26. The first-order chi connectivity index (χ1) is 10.0. The van der Waals surface area contributed by atoms with Gasteiger partial charge in [-0.05, 0) is 46.9 Å². The van der Waals surface area contributed by atoms with E-state index in [4.69, 9.17) is 0 Å². The molecule has 1 unspecified atom stereocenters. The second-order valence-electron chi connectivity index (χ2n) is 4.59. The SMILES string of the molecule is COC(=O)CC1C(=O)NCCN1C(=O)c1ccc(I)cc1. The van der Waals surface area contributed by atoms with Gasteiger partial charge >= 0.3 is 5.97 Å². The van der Waals surface area contributed by atoms with Crippen LogP contribution < -0.4 is 5.32 Å². The van der Waals surface area contributed by atoms with Crippen LogP contribution in [0.4, 0.5) is 0 Å². The number of halogens is 1. The zero-order valence-electron chi connectivity index (χ0n) is 11.5. The molecule has 2 amide bonds. The predicted molar refractivity (Wildman–Crippen MR) is 83.6 cm³/mol. The summed E-state index contributed by atoms with van der Waals surface area (Å²) in [5.74, 6) is -1.10. The van der Waals surface area contributed by atoms with Crippen LogP contribution in [0.15, 0.2) is 24.3 Å². The van der Waals surface area contributed by atoms with E-state index in [0.717, 1.165) is 3.57 Å². The molecule has 1 heterocycles. The third kappa shape index (κ3) is 3.72. The lowest BCUT2D eigenvalue weighted by Crippen LogP contribution is -2.57. The Hall–Kier alpha value is -1.64. The first-order valence-corrected chi connectivity index (χ1v) is 7.52. The molecule has 1 N–H and O–H groups in total. The summed E-state index contributed by atoms with van der Waals surface area (Å²) in [5.41, 5.74) is 0.500. The highest BCUT2D eigenvalue weighted by molar-refractivity contribution is 14.1. The largest absolute Gasteiger partial charge is 0.469 e. The zero-order chi connectivity index (χ0) is 15.4. The molecule has 1 aliphatic rings. The van der Waals surface area contributed by atoms with Gasteiger partial charge in [0.25, 0.3) is 5.91 Å². The van der Waals surface area contributed by atoms with E-state index < -0.39 is 12.0 Å². The maximum atomic E-state index is 12.5. The Morgan fingerprint density at radius 2 is 2.05 bits per heavy atom. The molecule has 112 valence electrons. The van der Waals surface area contributed by atoms with Crippen molar-refractivity contribution >= 4 is 40.4 Å². The molecule has 1 atom stereocenters. The molecule has 0 bridgehead atoms. The fourth-order valence-corrected chi connectivity index (χ4v) is 2.52. The number of rotatable bonds is 3. The van der Waals surface area contributed by atoms with E-state index in [9.17, 15) is 14.4 Å². The summed E-state index contributed by atoms with van der Waals surface area (Å²) in [5, 5.41) is 2.67. The lowest BCUT2D eigenvalue weighted by Gasteiger charge is -2.34. The van der Waals surface area contributed by atoms with Crippen molar-refractivity contribution < 1.29 is 19.1 Å². The molecule has 0 aliphatic carbocycles. The first-order valence-electron chi connectivity index (χ1n) is 6.44. The smallest absolute Gasteiger partial charge is 0.308 e. The van der Waals surface area contributed by atoms with E-state index in [0.29, 0.717) is 18.7 Å². The number of carbonyl (C=O) groups excluding carboxylic acids is 3. The quantitative estimate of drug-likeness (QED) is 0.600. The Balaban J connectivity index is 2.21. The summed E-state index contributed by atoms with van der Waals surface area (Å²) < 4.78 is 5.61. The fraction of sp³-hybridized carbons (Fsp3) is 0.357. The molecule has 0 spiro atoms. The molecule has 1 aromatic carbocycles. The van der Waals surface area contributed by atoms with Crippen LogP contribution in [0.25, 0.3) is 0 Å². The third-order valence-electron chi connectivity index (χ3n) is 3.27. The lowest BCUT2D eigenvalue weighted by molar-refractivity contribution is -0.145. The van der Waals surface area contributed by atoms with Crippen LogP contribution in [0.2, 0.25) is 0 Å². The van der Waals surface area contributed by atoms with Gasteiger partial charge in [-0.25, -0.2) is 0 Å². The van der Waals surface area contributed by atoms with Gasteiger partial charge in [0, 0.05) is 22.2 Å². The van der Waals surface area contributed by atoms with Gasteiger partial charge in [-0.2, -0.15) is 0 Å². The standard InChI is InChI=1S/C14H15IN2O4/c1-21-12(18)8-11-13(19)16-6-7-17(11)14(20)9-2-4-10(15)5-3-9/h2-5,11H,6-8H2,1H3,(H,16,19). The number of nitrogens with zero attached hydrogens (tertiary/aromatic N) is 1. The Morgan fingerprint density at radius 1 is 1.38 bits per heavy atom. The van der Waals surface area contributed by atoms with Crippen LogP contribution in [0.1, 0.15) is 16.8 Å². The van der Waals surface area contributed by atoms with E-state index in [1.54, 1.807) is 12.1 Å². The number of amides is 2. The van der Waals surface area contributed by atoms with Gasteiger partial charge < -0.3 is 15.0 Å². The normalized spacial score (nSPS) is 18.1. The molecule has 0 radical (unpaired) electrons. The summed E-state index contributed by atoms with van der Waals surface area (Å²) >= 11 is 2.15. The minimum absolute atomic E-state index is 0.140. The molecular weight excluding hydrogens is 387 g/mol. The number of ether oxygens (including phenoxy) is 1. The van der Waals surface area contributed by atoms with Crippen LogP contribution in [0.5, 0.6) is 0 Å². The molecule has 0 aromatic heterocycles. The Labute approximate surface area is 136 Å². The molecule has 21 heavy (non-hydrogen) atoms. The third-order valence-corrected chi connectivity index (χ3v) is 3.99. The van der Waals surface area contributed by atoms with Crippen molar-refractivity contribution in [3.05, 3.63) is 33.4 Å². The molecule has 1 fully saturated rings. The number of hydrogen-bond donors (Lipinski definition) is 1.